The number of hydrogen-bond acceptors (Lipinski definition) is 10. The summed E-state index contributed by atoms with van der Waals surface area (Å²) in [5, 5.41) is 31.6. The fourth-order valence-corrected chi connectivity index (χ4v) is 4.82. The van der Waals surface area contributed by atoms with Crippen LogP contribution >= 0.6 is 23.4 Å². The van der Waals surface area contributed by atoms with Crippen LogP contribution in [0.3, 0.4) is 0 Å². The minimum Gasteiger partial charge on any atom is -0.744 e. The number of halogens is 1. The van der Waals surface area contributed by atoms with E-state index >= 15 is 0 Å². The van der Waals surface area contributed by atoms with Gasteiger partial charge in [0.2, 0.25) is 4.90 Å². The topological polar surface area (TPSA) is 187 Å². The van der Waals surface area contributed by atoms with Crippen LogP contribution in [0.4, 0.5) is 17.1 Å². The zero-order chi connectivity index (χ0) is 22.1. The molecule has 1 aromatic carbocycles. The Hall–Kier alpha value is -1.68. The summed E-state index contributed by atoms with van der Waals surface area (Å²) in [6, 6.07) is 0.329. The Morgan fingerprint density at radius 1 is 1.00 bits per heavy atom. The Morgan fingerprint density at radius 3 is 1.75 bits per heavy atom. The Balaban J connectivity index is 0.000000684. The molecule has 28 heavy (non-hydrogen) atoms. The van der Waals surface area contributed by atoms with Gasteiger partial charge in [-0.3, -0.25) is 30.3 Å². The van der Waals surface area contributed by atoms with Crippen molar-refractivity contribution in [3.8, 4) is 0 Å². The van der Waals surface area contributed by atoms with Gasteiger partial charge in [-0.2, -0.15) is 11.8 Å². The van der Waals surface area contributed by atoms with Crippen molar-refractivity contribution in [1.82, 2.24) is 0 Å². The number of hydrogen-bond donors (Lipinski definition) is 0. The lowest BCUT2D eigenvalue weighted by molar-refractivity contribution is -0.407. The number of rotatable bonds is 9. The zero-order valence-corrected chi connectivity index (χ0v) is 17.8. The second kappa shape index (κ2) is 12.0. The Labute approximate surface area is 172 Å². The molecule has 0 fully saturated rings. The van der Waals surface area contributed by atoms with E-state index in [0.29, 0.717) is 10.9 Å². The molecule has 16 heteroatoms. The average molecular weight is 478 g/mol. The third-order valence-electron chi connectivity index (χ3n) is 2.75. The van der Waals surface area contributed by atoms with Crippen molar-refractivity contribution in [3.05, 3.63) is 42.5 Å². The summed E-state index contributed by atoms with van der Waals surface area (Å²) < 4.78 is 32.5. The van der Waals surface area contributed by atoms with Gasteiger partial charge in [-0.15, -0.1) is 11.6 Å². The summed E-state index contributed by atoms with van der Waals surface area (Å²) in [6.07, 6.45) is 4.56. The van der Waals surface area contributed by atoms with E-state index in [1.807, 2.05) is 11.8 Å². The molecule has 0 saturated heterocycles. The van der Waals surface area contributed by atoms with E-state index in [1.54, 1.807) is 0 Å². The lowest BCUT2D eigenvalue weighted by atomic mass is 10.2. The summed E-state index contributed by atoms with van der Waals surface area (Å²) in [7, 11) is -4.94. The van der Waals surface area contributed by atoms with Crippen LogP contribution < -0.4 is 0 Å². The van der Waals surface area contributed by atoms with Gasteiger partial charge in [0.1, 0.15) is 15.9 Å². The summed E-state index contributed by atoms with van der Waals surface area (Å²) >= 11 is 7.45. The third kappa shape index (κ3) is 9.01. The largest absolute Gasteiger partial charge is 0.744 e. The standard InChI is InChI=1S/C6H14ClS2.C6H3N3O9S/c1-9(2)6-5-8-4-3-7;10-7(11)3-1-4(8(12)13)6(19(16,17)18)5(2-3)9(14)15/h3-6H2,1-2H3;1-2H,(H,16,17,18)/q+1;/p-1. The molecule has 0 saturated carbocycles. The van der Waals surface area contributed by atoms with Crippen LogP contribution in [0.15, 0.2) is 17.0 Å². The molecule has 0 amide bonds. The fraction of sp³-hybridized carbons (Fsp3) is 0.500. The number of nitrogens with zero attached hydrogens (tertiary/aromatic N) is 3. The number of nitro benzene ring substituents is 3. The first-order valence-corrected chi connectivity index (χ1v) is 12.4. The molecule has 1 aromatic rings. The maximum atomic E-state index is 10.8. The van der Waals surface area contributed by atoms with Crippen molar-refractivity contribution in [2.45, 2.75) is 4.90 Å². The van der Waals surface area contributed by atoms with E-state index in [4.69, 9.17) is 11.6 Å². The molecule has 0 bridgehead atoms. The highest BCUT2D eigenvalue weighted by Gasteiger charge is 2.34. The Morgan fingerprint density at radius 2 is 1.46 bits per heavy atom. The zero-order valence-electron chi connectivity index (χ0n) is 14.6. The summed E-state index contributed by atoms with van der Waals surface area (Å²) in [4.78, 5) is 25.8. The smallest absolute Gasteiger partial charge is 0.300 e. The number of nitro groups is 3. The Kier molecular flexibility index (Phi) is 11.3. The van der Waals surface area contributed by atoms with E-state index in [1.165, 1.54) is 11.5 Å². The molecule has 0 aliphatic carbocycles. The molecular formula is C12H16ClN3O9S3. The molecule has 0 spiro atoms. The van der Waals surface area contributed by atoms with Gasteiger partial charge in [0.25, 0.3) is 5.69 Å². The predicted molar refractivity (Wildman–Crippen MR) is 106 cm³/mol. The molecule has 0 atom stereocenters. The van der Waals surface area contributed by atoms with E-state index in [2.05, 4.69) is 12.5 Å². The van der Waals surface area contributed by atoms with Gasteiger partial charge >= 0.3 is 11.4 Å². The average Bonchev–Trinajstić information content (AvgIpc) is 2.57. The highest BCUT2D eigenvalue weighted by atomic mass is 35.5. The molecule has 0 heterocycles. The van der Waals surface area contributed by atoms with Gasteiger partial charge < -0.3 is 4.55 Å². The number of alkyl halides is 1. The number of non-ortho nitro benzene ring substituents is 1. The molecule has 0 radical (unpaired) electrons. The molecule has 158 valence electrons. The highest BCUT2D eigenvalue weighted by Crippen LogP contribution is 2.36. The normalized spacial score (nSPS) is 10.9. The first-order chi connectivity index (χ1) is 12.8. The Bertz CT molecular complexity index is 798. The molecule has 0 aromatic heterocycles. The summed E-state index contributed by atoms with van der Waals surface area (Å²) in [5.74, 6) is 4.54. The maximum Gasteiger partial charge on any atom is 0.300 e. The maximum absolute atomic E-state index is 10.8. The van der Waals surface area contributed by atoms with Crippen molar-refractivity contribution >= 4 is 61.4 Å². The molecule has 1 rings (SSSR count). The summed E-state index contributed by atoms with van der Waals surface area (Å²) in [6.45, 7) is 0. The van der Waals surface area contributed by atoms with Gasteiger partial charge in [0, 0.05) is 17.4 Å². The van der Waals surface area contributed by atoms with E-state index in [9.17, 15) is 43.3 Å². The fourth-order valence-electron chi connectivity index (χ4n) is 1.60. The van der Waals surface area contributed by atoms with Gasteiger partial charge in [-0.25, -0.2) is 8.42 Å². The number of thioether (sulfide) groups is 1. The van der Waals surface area contributed by atoms with Gasteiger partial charge in [-0.1, -0.05) is 0 Å². The first-order valence-electron chi connectivity index (χ1n) is 7.07. The van der Waals surface area contributed by atoms with Crippen molar-refractivity contribution in [1.29, 1.82) is 0 Å². The van der Waals surface area contributed by atoms with Crippen LogP contribution in [0.25, 0.3) is 0 Å². The highest BCUT2D eigenvalue weighted by molar-refractivity contribution is 8.01. The van der Waals surface area contributed by atoms with Crippen LogP contribution in [0, 0.1) is 30.3 Å². The lowest BCUT2D eigenvalue weighted by Crippen LogP contribution is -2.08. The van der Waals surface area contributed by atoms with Crippen molar-refractivity contribution < 1.29 is 27.7 Å². The van der Waals surface area contributed by atoms with Crippen molar-refractivity contribution in [3.63, 3.8) is 0 Å². The molecule has 0 aliphatic heterocycles. The van der Waals surface area contributed by atoms with Crippen LogP contribution in [0.5, 0.6) is 0 Å². The van der Waals surface area contributed by atoms with Crippen LogP contribution in [-0.2, 0) is 21.0 Å². The van der Waals surface area contributed by atoms with Crippen LogP contribution in [0.2, 0.25) is 0 Å². The molecule has 12 nitrogen and oxygen atoms in total. The van der Waals surface area contributed by atoms with Crippen LogP contribution in [-0.4, -0.2) is 63.4 Å². The lowest BCUT2D eigenvalue weighted by Gasteiger charge is -2.07. The second-order valence-corrected chi connectivity index (χ2v) is 10.3. The monoisotopic (exact) mass is 477 g/mol. The molecule has 0 aliphatic rings. The van der Waals surface area contributed by atoms with Crippen molar-refractivity contribution in [2.24, 2.45) is 0 Å². The van der Waals surface area contributed by atoms with Gasteiger partial charge in [0.15, 0.2) is 0 Å². The minimum absolute atomic E-state index is 0.164. The SMILES string of the molecule is C[S+](C)CCSCCCl.O=[N+]([O-])c1cc([N+](=O)[O-])c(S(=O)(=O)[O-])c([N+](=O)[O-])c1. The third-order valence-corrected chi connectivity index (χ3v) is 6.34. The first kappa shape index (κ1) is 26.3. The number of benzene rings is 1. The van der Waals surface area contributed by atoms with Crippen molar-refractivity contribution in [2.75, 3.05) is 35.7 Å². The van der Waals surface area contributed by atoms with Gasteiger partial charge in [-0.05, 0) is 10.9 Å². The quantitative estimate of drug-likeness (QED) is 0.127. The summed E-state index contributed by atoms with van der Waals surface area (Å²) in [5.41, 5.74) is -4.11. The van der Waals surface area contributed by atoms with Gasteiger partial charge in [0.05, 0.1) is 39.4 Å². The van der Waals surface area contributed by atoms with E-state index in [-0.39, 0.29) is 12.1 Å². The molecular weight excluding hydrogens is 462 g/mol. The molecule has 0 N–H and O–H groups in total. The second-order valence-electron chi connectivity index (χ2n) is 5.03. The molecule has 0 unspecified atom stereocenters. The van der Waals surface area contributed by atoms with E-state index in [0.717, 1.165) is 11.6 Å². The predicted octanol–water partition coefficient (Wildman–Crippen LogP) is 2.15. The van der Waals surface area contributed by atoms with E-state index < -0.39 is 46.8 Å². The van der Waals surface area contributed by atoms with Crippen LogP contribution in [0.1, 0.15) is 0 Å². The minimum atomic E-state index is -5.55.